The van der Waals surface area contributed by atoms with Crippen molar-refractivity contribution in [1.29, 1.82) is 0 Å². The van der Waals surface area contributed by atoms with Crippen molar-refractivity contribution in [3.8, 4) is 22.9 Å². The van der Waals surface area contributed by atoms with Gasteiger partial charge in [-0.1, -0.05) is 0 Å². The highest BCUT2D eigenvalue weighted by molar-refractivity contribution is 5.64. The van der Waals surface area contributed by atoms with Crippen molar-refractivity contribution in [3.05, 3.63) is 48.8 Å². The lowest BCUT2D eigenvalue weighted by Crippen LogP contribution is -1.91. The number of methoxy groups -OCH3 is 2. The first-order valence-electron chi connectivity index (χ1n) is 5.97. The lowest BCUT2D eigenvalue weighted by Gasteiger charge is -2.04. The monoisotopic (exact) mass is 254 g/mol. The van der Waals surface area contributed by atoms with Crippen molar-refractivity contribution in [2.45, 2.75) is 0 Å². The van der Waals surface area contributed by atoms with Crippen LogP contribution in [0.3, 0.4) is 0 Å². The van der Waals surface area contributed by atoms with Crippen LogP contribution >= 0.6 is 0 Å². The molecule has 2 heterocycles. The second kappa shape index (κ2) is 4.65. The molecule has 4 nitrogen and oxygen atoms in total. The van der Waals surface area contributed by atoms with Crippen molar-refractivity contribution in [3.63, 3.8) is 0 Å². The predicted molar refractivity (Wildman–Crippen MR) is 73.7 cm³/mol. The molecule has 1 aromatic carbocycles. The first-order chi connectivity index (χ1) is 9.31. The Balaban J connectivity index is 2.09. The van der Waals surface area contributed by atoms with Crippen LogP contribution < -0.4 is 9.47 Å². The van der Waals surface area contributed by atoms with Crippen LogP contribution in [0.4, 0.5) is 0 Å². The van der Waals surface area contributed by atoms with E-state index in [1.165, 1.54) is 0 Å². The number of fused-ring (bicyclic) bond motifs is 1. The van der Waals surface area contributed by atoms with Crippen LogP contribution in [0, 0.1) is 0 Å². The smallest absolute Gasteiger partial charge is 0.144 e. The van der Waals surface area contributed by atoms with E-state index >= 15 is 0 Å². The summed E-state index contributed by atoms with van der Waals surface area (Å²) in [6.07, 6.45) is 3.79. The average molecular weight is 254 g/mol. The first kappa shape index (κ1) is 11.6. The number of ether oxygens (including phenoxy) is 2. The maximum Gasteiger partial charge on any atom is 0.144 e. The van der Waals surface area contributed by atoms with Crippen LogP contribution in [0.2, 0.25) is 0 Å². The molecule has 0 unspecified atom stereocenters. The minimum absolute atomic E-state index is 0.827. The number of hydrogen-bond donors (Lipinski definition) is 0. The lowest BCUT2D eigenvalue weighted by molar-refractivity contribution is 0.414. The van der Waals surface area contributed by atoms with Gasteiger partial charge in [-0.15, -0.1) is 0 Å². The fourth-order valence-corrected chi connectivity index (χ4v) is 2.06. The maximum absolute atomic E-state index is 5.21. The van der Waals surface area contributed by atoms with E-state index in [-0.39, 0.29) is 0 Å². The van der Waals surface area contributed by atoms with Crippen LogP contribution in [0.15, 0.2) is 48.8 Å². The number of hydrogen-bond acceptors (Lipinski definition) is 3. The summed E-state index contributed by atoms with van der Waals surface area (Å²) in [5.74, 6) is 2.57. The van der Waals surface area contributed by atoms with Crippen molar-refractivity contribution < 1.29 is 9.47 Å². The number of benzene rings is 1. The second-order valence-corrected chi connectivity index (χ2v) is 4.17. The molecule has 0 saturated carbocycles. The second-order valence-electron chi connectivity index (χ2n) is 4.17. The molecule has 0 N–H and O–H groups in total. The normalized spacial score (nSPS) is 10.6. The summed E-state index contributed by atoms with van der Waals surface area (Å²) in [5, 5.41) is 0. The van der Waals surface area contributed by atoms with E-state index in [9.17, 15) is 0 Å². The molecule has 0 aliphatic carbocycles. The van der Waals surface area contributed by atoms with Gasteiger partial charge in [0.1, 0.15) is 17.3 Å². The van der Waals surface area contributed by atoms with Gasteiger partial charge in [0, 0.05) is 17.8 Å². The Kier molecular flexibility index (Phi) is 2.83. The molecule has 0 aliphatic rings. The Morgan fingerprint density at radius 3 is 2.37 bits per heavy atom. The Morgan fingerprint density at radius 1 is 0.947 bits per heavy atom. The summed E-state index contributed by atoms with van der Waals surface area (Å²) < 4.78 is 12.4. The SMILES string of the molecule is COc1ccc(-c2ncc3cc(OC)ccn23)cc1. The molecule has 3 aromatic rings. The van der Waals surface area contributed by atoms with Gasteiger partial charge in [-0.05, 0) is 30.3 Å². The minimum Gasteiger partial charge on any atom is -0.497 e. The van der Waals surface area contributed by atoms with E-state index in [4.69, 9.17) is 9.47 Å². The van der Waals surface area contributed by atoms with Gasteiger partial charge in [0.15, 0.2) is 0 Å². The predicted octanol–water partition coefficient (Wildman–Crippen LogP) is 3.02. The van der Waals surface area contributed by atoms with Gasteiger partial charge in [0.05, 0.1) is 25.9 Å². The molecule has 0 fully saturated rings. The summed E-state index contributed by atoms with van der Waals surface area (Å²) in [5.41, 5.74) is 2.05. The van der Waals surface area contributed by atoms with Crippen molar-refractivity contribution in [2.75, 3.05) is 14.2 Å². The first-order valence-corrected chi connectivity index (χ1v) is 5.97. The van der Waals surface area contributed by atoms with E-state index in [2.05, 4.69) is 4.98 Å². The topological polar surface area (TPSA) is 35.8 Å². The molecule has 0 aliphatic heterocycles. The van der Waals surface area contributed by atoms with Crippen molar-refractivity contribution in [1.82, 2.24) is 9.38 Å². The summed E-state index contributed by atoms with van der Waals surface area (Å²) >= 11 is 0. The summed E-state index contributed by atoms with van der Waals surface area (Å²) in [6.45, 7) is 0. The molecule has 0 atom stereocenters. The van der Waals surface area contributed by atoms with E-state index in [1.54, 1.807) is 14.2 Å². The molecule has 0 amide bonds. The third-order valence-corrected chi connectivity index (χ3v) is 3.09. The third kappa shape index (κ3) is 2.01. The minimum atomic E-state index is 0.827. The number of rotatable bonds is 3. The highest BCUT2D eigenvalue weighted by Gasteiger charge is 2.07. The van der Waals surface area contributed by atoms with Crippen molar-refractivity contribution in [2.24, 2.45) is 0 Å². The van der Waals surface area contributed by atoms with Gasteiger partial charge in [0.2, 0.25) is 0 Å². The summed E-state index contributed by atoms with van der Waals surface area (Å²) in [4.78, 5) is 4.46. The van der Waals surface area contributed by atoms with Crippen LogP contribution in [0.1, 0.15) is 0 Å². The lowest BCUT2D eigenvalue weighted by atomic mass is 10.2. The molecule has 0 bridgehead atoms. The number of nitrogens with zero attached hydrogens (tertiary/aromatic N) is 2. The van der Waals surface area contributed by atoms with E-state index in [0.717, 1.165) is 28.4 Å². The van der Waals surface area contributed by atoms with Gasteiger partial charge in [0.25, 0.3) is 0 Å². The fourth-order valence-electron chi connectivity index (χ4n) is 2.06. The molecule has 0 spiro atoms. The molecule has 3 rings (SSSR count). The number of imidazole rings is 1. The number of pyridine rings is 1. The summed E-state index contributed by atoms with van der Waals surface area (Å²) in [7, 11) is 3.32. The van der Waals surface area contributed by atoms with Crippen LogP contribution in [-0.2, 0) is 0 Å². The highest BCUT2D eigenvalue weighted by atomic mass is 16.5. The Morgan fingerprint density at radius 2 is 1.68 bits per heavy atom. The van der Waals surface area contributed by atoms with Gasteiger partial charge < -0.3 is 9.47 Å². The Hall–Kier alpha value is -2.49. The fraction of sp³-hybridized carbons (Fsp3) is 0.133. The van der Waals surface area contributed by atoms with Crippen LogP contribution in [0.25, 0.3) is 16.9 Å². The van der Waals surface area contributed by atoms with Gasteiger partial charge in [-0.25, -0.2) is 4.98 Å². The molecule has 2 aromatic heterocycles. The molecule has 96 valence electrons. The molecule has 0 saturated heterocycles. The van der Waals surface area contributed by atoms with Gasteiger partial charge in [-0.3, -0.25) is 4.40 Å². The van der Waals surface area contributed by atoms with Gasteiger partial charge >= 0.3 is 0 Å². The molecule has 19 heavy (non-hydrogen) atoms. The highest BCUT2D eigenvalue weighted by Crippen LogP contribution is 2.24. The molecule has 4 heteroatoms. The Bertz CT molecular complexity index is 702. The van der Waals surface area contributed by atoms with E-state index < -0.39 is 0 Å². The quantitative estimate of drug-likeness (QED) is 0.720. The largest absolute Gasteiger partial charge is 0.497 e. The number of aromatic nitrogens is 2. The zero-order valence-electron chi connectivity index (χ0n) is 10.8. The average Bonchev–Trinajstić information content (AvgIpc) is 2.90. The molecular formula is C15H14N2O2. The maximum atomic E-state index is 5.21. The van der Waals surface area contributed by atoms with Gasteiger partial charge in [-0.2, -0.15) is 0 Å². The third-order valence-electron chi connectivity index (χ3n) is 3.09. The zero-order chi connectivity index (χ0) is 13.2. The van der Waals surface area contributed by atoms with E-state index in [0.29, 0.717) is 0 Å². The Labute approximate surface area is 111 Å². The van der Waals surface area contributed by atoms with E-state index in [1.807, 2.05) is 53.2 Å². The standard InChI is InChI=1S/C15H14N2O2/c1-18-13-5-3-11(4-6-13)15-16-10-12-9-14(19-2)7-8-17(12)15/h3-10H,1-2H3. The summed E-state index contributed by atoms with van der Waals surface area (Å²) in [6, 6.07) is 11.7. The molecular weight excluding hydrogens is 240 g/mol. The zero-order valence-corrected chi connectivity index (χ0v) is 10.8. The van der Waals surface area contributed by atoms with Crippen LogP contribution in [-0.4, -0.2) is 23.6 Å². The van der Waals surface area contributed by atoms with Crippen molar-refractivity contribution >= 4 is 5.52 Å². The molecule has 0 radical (unpaired) electrons. The van der Waals surface area contributed by atoms with Crippen LogP contribution in [0.5, 0.6) is 11.5 Å².